The summed E-state index contributed by atoms with van der Waals surface area (Å²) in [6.07, 6.45) is 0.911. The highest BCUT2D eigenvalue weighted by molar-refractivity contribution is 9.10. The van der Waals surface area contributed by atoms with Gasteiger partial charge in [-0.1, -0.05) is 20.8 Å². The molecule has 4 nitrogen and oxygen atoms in total. The Morgan fingerprint density at radius 3 is 2.20 bits per heavy atom. The van der Waals surface area contributed by atoms with Crippen LogP contribution in [-0.2, 0) is 20.7 Å². The van der Waals surface area contributed by atoms with Gasteiger partial charge in [0.05, 0.1) is 18.4 Å². The molecular weight excluding hydrogens is 344 g/mol. The molecule has 0 amide bonds. The van der Waals surface area contributed by atoms with Crippen LogP contribution in [0.3, 0.4) is 0 Å². The number of ether oxygens (including phenoxy) is 1. The van der Waals surface area contributed by atoms with E-state index in [-0.39, 0.29) is 18.0 Å². The van der Waals surface area contributed by atoms with Gasteiger partial charge < -0.3 is 4.74 Å². The lowest BCUT2D eigenvalue weighted by Crippen LogP contribution is -2.02. The predicted octanol–water partition coefficient (Wildman–Crippen LogP) is 4.05. The standard InChI is InChI=1S/C10H11BrO2S.C2H4O2.C2H6/c1-3-9-7(11)5-10(14-9)8(13)4-6(2)12;1-4-2-3;1-2/h5H,3-4H2,1-2H3;2H,1H3;1-2H3. The second kappa shape index (κ2) is 13.0. The van der Waals surface area contributed by atoms with Crippen LogP contribution in [0.15, 0.2) is 10.5 Å². The smallest absolute Gasteiger partial charge is 0.292 e. The summed E-state index contributed by atoms with van der Waals surface area (Å²) in [5.41, 5.74) is 0. The molecule has 0 radical (unpaired) electrons. The highest BCUT2D eigenvalue weighted by Crippen LogP contribution is 2.28. The third kappa shape index (κ3) is 8.98. The van der Waals surface area contributed by atoms with Gasteiger partial charge in [0.2, 0.25) is 0 Å². The van der Waals surface area contributed by atoms with Crippen molar-refractivity contribution >= 4 is 45.3 Å². The van der Waals surface area contributed by atoms with Crippen molar-refractivity contribution in [3.8, 4) is 0 Å². The molecule has 0 aliphatic carbocycles. The van der Waals surface area contributed by atoms with Crippen LogP contribution in [-0.4, -0.2) is 25.1 Å². The minimum atomic E-state index is -0.0856. The molecule has 0 aliphatic heterocycles. The minimum Gasteiger partial charge on any atom is -0.471 e. The number of aryl methyl sites for hydroxylation is 1. The number of Topliss-reactive ketones (excluding diaryl/α,β-unsaturated/α-hetero) is 2. The predicted molar refractivity (Wildman–Crippen MR) is 85.4 cm³/mol. The van der Waals surface area contributed by atoms with Crippen LogP contribution in [0.2, 0.25) is 0 Å². The number of carbonyl (C=O) groups is 3. The molecular formula is C14H21BrO4S. The van der Waals surface area contributed by atoms with E-state index >= 15 is 0 Å². The van der Waals surface area contributed by atoms with E-state index in [0.29, 0.717) is 11.3 Å². The van der Waals surface area contributed by atoms with E-state index in [2.05, 4.69) is 20.7 Å². The summed E-state index contributed by atoms with van der Waals surface area (Å²) in [6, 6.07) is 1.80. The van der Waals surface area contributed by atoms with Crippen molar-refractivity contribution in [2.45, 2.75) is 40.5 Å². The average Bonchev–Trinajstić information content (AvgIpc) is 2.82. The first-order valence-corrected chi connectivity index (χ1v) is 7.84. The van der Waals surface area contributed by atoms with E-state index in [4.69, 9.17) is 4.79 Å². The molecule has 0 N–H and O–H groups in total. The van der Waals surface area contributed by atoms with E-state index < -0.39 is 0 Å². The summed E-state index contributed by atoms with van der Waals surface area (Å²) in [6.45, 7) is 7.84. The van der Waals surface area contributed by atoms with Gasteiger partial charge in [-0.15, -0.1) is 11.3 Å². The maximum Gasteiger partial charge on any atom is 0.292 e. The molecule has 0 fully saturated rings. The molecule has 6 heteroatoms. The number of carbonyl (C=O) groups excluding carboxylic acids is 3. The molecule has 0 saturated heterocycles. The van der Waals surface area contributed by atoms with Crippen LogP contribution < -0.4 is 0 Å². The fourth-order valence-corrected chi connectivity index (χ4v) is 2.93. The zero-order valence-electron chi connectivity index (χ0n) is 12.5. The van der Waals surface area contributed by atoms with Crippen LogP contribution in [0.4, 0.5) is 0 Å². The maximum atomic E-state index is 11.5. The lowest BCUT2D eigenvalue weighted by atomic mass is 10.2. The zero-order chi connectivity index (χ0) is 16.1. The highest BCUT2D eigenvalue weighted by atomic mass is 79.9. The van der Waals surface area contributed by atoms with Gasteiger partial charge in [0, 0.05) is 9.35 Å². The summed E-state index contributed by atoms with van der Waals surface area (Å²) in [5.74, 6) is -0.166. The van der Waals surface area contributed by atoms with Gasteiger partial charge in [-0.2, -0.15) is 0 Å². The Kier molecular flexibility index (Phi) is 13.8. The molecule has 1 rings (SSSR count). The van der Waals surface area contributed by atoms with Crippen molar-refractivity contribution in [1.82, 2.24) is 0 Å². The average molecular weight is 365 g/mol. The van der Waals surface area contributed by atoms with Gasteiger partial charge in [-0.05, 0) is 35.3 Å². The van der Waals surface area contributed by atoms with Crippen LogP contribution in [0, 0.1) is 0 Å². The Bertz CT molecular complexity index is 427. The number of ketones is 2. The van der Waals surface area contributed by atoms with Gasteiger partial charge in [0.15, 0.2) is 5.78 Å². The van der Waals surface area contributed by atoms with E-state index in [1.807, 2.05) is 20.8 Å². The van der Waals surface area contributed by atoms with Gasteiger partial charge in [0.1, 0.15) is 5.78 Å². The first kappa shape index (κ1) is 21.3. The van der Waals surface area contributed by atoms with Crippen molar-refractivity contribution in [2.24, 2.45) is 0 Å². The van der Waals surface area contributed by atoms with Crippen LogP contribution in [0.5, 0.6) is 0 Å². The molecule has 0 spiro atoms. The van der Waals surface area contributed by atoms with Gasteiger partial charge in [0.25, 0.3) is 6.47 Å². The maximum absolute atomic E-state index is 11.5. The van der Waals surface area contributed by atoms with Crippen LogP contribution in [0.1, 0.15) is 48.7 Å². The molecule has 0 saturated carbocycles. The van der Waals surface area contributed by atoms with Crippen molar-refractivity contribution in [3.63, 3.8) is 0 Å². The second-order valence-electron chi connectivity index (χ2n) is 3.37. The van der Waals surface area contributed by atoms with Crippen LogP contribution >= 0.6 is 27.3 Å². The molecule has 0 atom stereocenters. The number of hydrogen-bond acceptors (Lipinski definition) is 5. The number of thiophene rings is 1. The van der Waals surface area contributed by atoms with Crippen molar-refractivity contribution < 1.29 is 19.1 Å². The van der Waals surface area contributed by atoms with E-state index in [9.17, 15) is 9.59 Å². The lowest BCUT2D eigenvalue weighted by molar-refractivity contribution is -0.126. The monoisotopic (exact) mass is 364 g/mol. The summed E-state index contributed by atoms with van der Waals surface area (Å²) in [4.78, 5) is 33.0. The van der Waals surface area contributed by atoms with E-state index in [0.717, 1.165) is 15.8 Å². The fourth-order valence-electron chi connectivity index (χ4n) is 1.10. The topological polar surface area (TPSA) is 60.4 Å². The Balaban J connectivity index is 0. The third-order valence-corrected chi connectivity index (χ3v) is 4.15. The Morgan fingerprint density at radius 2 is 1.90 bits per heavy atom. The fraction of sp³-hybridized carbons (Fsp3) is 0.500. The number of methoxy groups -OCH3 is 1. The number of hydrogen-bond donors (Lipinski definition) is 0. The second-order valence-corrected chi connectivity index (χ2v) is 5.36. The zero-order valence-corrected chi connectivity index (χ0v) is 14.9. The molecule has 0 aliphatic rings. The summed E-state index contributed by atoms with van der Waals surface area (Å²) in [7, 11) is 1.31. The molecule has 1 heterocycles. The van der Waals surface area contributed by atoms with E-state index in [1.165, 1.54) is 25.4 Å². The van der Waals surface area contributed by atoms with Crippen molar-refractivity contribution in [2.75, 3.05) is 7.11 Å². The lowest BCUT2D eigenvalue weighted by Gasteiger charge is -1.91. The third-order valence-electron chi connectivity index (χ3n) is 1.86. The Labute approximate surface area is 132 Å². The summed E-state index contributed by atoms with van der Waals surface area (Å²) in [5, 5.41) is 0. The van der Waals surface area contributed by atoms with E-state index in [1.54, 1.807) is 6.07 Å². The first-order chi connectivity index (χ1) is 9.46. The Hall–Kier alpha value is -1.01. The number of rotatable bonds is 5. The normalized spacial score (nSPS) is 8.50. The molecule has 114 valence electrons. The molecule has 0 bridgehead atoms. The highest BCUT2D eigenvalue weighted by Gasteiger charge is 2.13. The van der Waals surface area contributed by atoms with Crippen molar-refractivity contribution in [3.05, 3.63) is 20.3 Å². The summed E-state index contributed by atoms with van der Waals surface area (Å²) >= 11 is 4.85. The van der Waals surface area contributed by atoms with Gasteiger partial charge >= 0.3 is 0 Å². The molecule has 0 unspecified atom stereocenters. The number of halogens is 1. The van der Waals surface area contributed by atoms with Crippen molar-refractivity contribution in [1.29, 1.82) is 0 Å². The van der Waals surface area contributed by atoms with Gasteiger partial charge in [-0.3, -0.25) is 14.4 Å². The molecule has 1 aromatic rings. The molecule has 0 aromatic carbocycles. The minimum absolute atomic E-state index is 0.0100. The quantitative estimate of drug-likeness (QED) is 0.449. The largest absolute Gasteiger partial charge is 0.471 e. The van der Waals surface area contributed by atoms with Gasteiger partial charge in [-0.25, -0.2) is 0 Å². The SMILES string of the molecule is CC.CCc1sc(C(=O)CC(C)=O)cc1Br.COC=O. The van der Waals surface area contributed by atoms with Crippen LogP contribution in [0.25, 0.3) is 0 Å². The first-order valence-electron chi connectivity index (χ1n) is 6.23. The molecule has 20 heavy (non-hydrogen) atoms. The summed E-state index contributed by atoms with van der Waals surface area (Å²) < 4.78 is 4.83. The Morgan fingerprint density at radius 1 is 1.40 bits per heavy atom. The molecule has 1 aromatic heterocycles.